The lowest BCUT2D eigenvalue weighted by Gasteiger charge is -2.19. The molecule has 1 saturated heterocycles. The van der Waals surface area contributed by atoms with Gasteiger partial charge in [0, 0.05) is 18.8 Å². The number of allylic oxidation sites excluding steroid dienone is 2. The van der Waals surface area contributed by atoms with Crippen molar-refractivity contribution in [3.63, 3.8) is 0 Å². The van der Waals surface area contributed by atoms with Gasteiger partial charge in [0.1, 0.15) is 0 Å². The van der Waals surface area contributed by atoms with Crippen molar-refractivity contribution >= 4 is 10.1 Å². The fourth-order valence-corrected chi connectivity index (χ4v) is 2.25. The SMILES string of the molecule is CCCCCC=C1CCCN1CCCC.O=S(=O)(O)C(F)(F)F. The first-order valence-corrected chi connectivity index (χ1v) is 9.55. The molecule has 0 spiro atoms. The van der Waals surface area contributed by atoms with Crippen LogP contribution in [0.3, 0.4) is 0 Å². The van der Waals surface area contributed by atoms with Crippen LogP contribution in [0.1, 0.15) is 65.2 Å². The molecule has 1 N–H and O–H groups in total. The van der Waals surface area contributed by atoms with Gasteiger partial charge in [-0.2, -0.15) is 21.6 Å². The quantitative estimate of drug-likeness (QED) is 0.405. The molecule has 0 atom stereocenters. The van der Waals surface area contributed by atoms with Gasteiger partial charge in [-0.15, -0.1) is 0 Å². The molecule has 1 heterocycles. The molecule has 138 valence electrons. The number of hydrogen-bond donors (Lipinski definition) is 1. The molecule has 1 aliphatic heterocycles. The van der Waals surface area contributed by atoms with Crippen LogP contribution in [0.2, 0.25) is 0 Å². The molecule has 0 aromatic heterocycles. The summed E-state index contributed by atoms with van der Waals surface area (Å²) in [5, 5.41) is 0. The largest absolute Gasteiger partial charge is 0.522 e. The number of likely N-dealkylation sites (tertiary alicyclic amines) is 1. The van der Waals surface area contributed by atoms with E-state index in [1.807, 2.05) is 0 Å². The Labute approximate surface area is 137 Å². The maximum absolute atomic E-state index is 10.7. The summed E-state index contributed by atoms with van der Waals surface area (Å²) in [6.07, 6.45) is 13.3. The lowest BCUT2D eigenvalue weighted by atomic mass is 10.1. The molecular weight excluding hydrogens is 331 g/mol. The average Bonchev–Trinajstić information content (AvgIpc) is 2.87. The molecular formula is C15H28F3NO3S. The van der Waals surface area contributed by atoms with Gasteiger partial charge >= 0.3 is 15.6 Å². The fourth-order valence-electron chi connectivity index (χ4n) is 2.25. The van der Waals surface area contributed by atoms with E-state index in [-0.39, 0.29) is 0 Å². The van der Waals surface area contributed by atoms with E-state index in [2.05, 4.69) is 24.8 Å². The zero-order chi connectivity index (χ0) is 17.9. The topological polar surface area (TPSA) is 57.6 Å². The molecule has 0 aliphatic carbocycles. The van der Waals surface area contributed by atoms with Crippen molar-refractivity contribution in [2.45, 2.75) is 70.7 Å². The molecule has 0 radical (unpaired) electrons. The minimum atomic E-state index is -5.84. The van der Waals surface area contributed by atoms with E-state index >= 15 is 0 Å². The van der Waals surface area contributed by atoms with Gasteiger partial charge < -0.3 is 4.90 Å². The Bertz CT molecular complexity index is 447. The van der Waals surface area contributed by atoms with Crippen molar-refractivity contribution < 1.29 is 26.1 Å². The molecule has 0 saturated carbocycles. The average molecular weight is 359 g/mol. The Balaban J connectivity index is 0.000000515. The van der Waals surface area contributed by atoms with Crippen LogP contribution >= 0.6 is 0 Å². The van der Waals surface area contributed by atoms with E-state index in [4.69, 9.17) is 13.0 Å². The van der Waals surface area contributed by atoms with Crippen molar-refractivity contribution in [1.82, 2.24) is 4.90 Å². The van der Waals surface area contributed by atoms with E-state index in [9.17, 15) is 13.2 Å². The molecule has 4 nitrogen and oxygen atoms in total. The van der Waals surface area contributed by atoms with Crippen molar-refractivity contribution in [3.05, 3.63) is 11.8 Å². The van der Waals surface area contributed by atoms with Gasteiger partial charge in [-0.05, 0) is 32.1 Å². The number of unbranched alkanes of at least 4 members (excludes halogenated alkanes) is 4. The second-order valence-electron chi connectivity index (χ2n) is 5.56. The summed E-state index contributed by atoms with van der Waals surface area (Å²) in [6, 6.07) is 0. The third-order valence-electron chi connectivity index (χ3n) is 3.53. The van der Waals surface area contributed by atoms with Crippen LogP contribution in [0.25, 0.3) is 0 Å². The first-order chi connectivity index (χ1) is 10.6. The molecule has 1 rings (SSSR count). The van der Waals surface area contributed by atoms with Crippen LogP contribution in [-0.2, 0) is 10.1 Å². The molecule has 0 aromatic carbocycles. The summed E-state index contributed by atoms with van der Waals surface area (Å²) in [5.41, 5.74) is -3.90. The minimum Gasteiger partial charge on any atom is -0.375 e. The molecule has 1 aliphatic rings. The van der Waals surface area contributed by atoms with Gasteiger partial charge in [-0.1, -0.05) is 39.2 Å². The Morgan fingerprint density at radius 1 is 1.17 bits per heavy atom. The normalized spacial score (nSPS) is 17.3. The first kappa shape index (κ1) is 22.2. The predicted molar refractivity (Wildman–Crippen MR) is 85.5 cm³/mol. The second kappa shape index (κ2) is 10.9. The van der Waals surface area contributed by atoms with Crippen molar-refractivity contribution in [3.8, 4) is 0 Å². The predicted octanol–water partition coefficient (Wildman–Crippen LogP) is 4.74. The first-order valence-electron chi connectivity index (χ1n) is 8.11. The van der Waals surface area contributed by atoms with Crippen LogP contribution in [0.15, 0.2) is 11.8 Å². The highest BCUT2D eigenvalue weighted by molar-refractivity contribution is 7.86. The monoisotopic (exact) mass is 359 g/mol. The standard InChI is InChI=1S/C14H27N.CHF3O3S/c1-3-5-7-8-10-14-11-9-13-15(14)12-6-4-2;2-1(3,4)8(5,6)7/h10H,3-9,11-13H2,1-2H3;(H,5,6,7). The maximum atomic E-state index is 10.7. The molecule has 0 aromatic rings. The van der Waals surface area contributed by atoms with E-state index in [1.54, 1.807) is 5.70 Å². The molecule has 23 heavy (non-hydrogen) atoms. The lowest BCUT2D eigenvalue weighted by molar-refractivity contribution is -0.0510. The highest BCUT2D eigenvalue weighted by Gasteiger charge is 2.44. The second-order valence-corrected chi connectivity index (χ2v) is 6.97. The molecule has 0 unspecified atom stereocenters. The Hall–Kier alpha value is -0.760. The van der Waals surface area contributed by atoms with Crippen molar-refractivity contribution in [2.75, 3.05) is 13.1 Å². The molecule has 8 heteroatoms. The number of halogens is 3. The summed E-state index contributed by atoms with van der Waals surface area (Å²) in [7, 11) is -5.84. The molecule has 0 bridgehead atoms. The Morgan fingerprint density at radius 2 is 1.74 bits per heavy atom. The summed E-state index contributed by atoms with van der Waals surface area (Å²) in [4.78, 5) is 2.61. The number of hydrogen-bond acceptors (Lipinski definition) is 3. The zero-order valence-corrected chi connectivity index (χ0v) is 14.7. The van der Waals surface area contributed by atoms with E-state index in [1.165, 1.54) is 64.5 Å². The van der Waals surface area contributed by atoms with Gasteiger partial charge in [0.15, 0.2) is 0 Å². The number of rotatable bonds is 7. The van der Waals surface area contributed by atoms with Gasteiger partial charge in [0.05, 0.1) is 0 Å². The van der Waals surface area contributed by atoms with E-state index < -0.39 is 15.6 Å². The van der Waals surface area contributed by atoms with Crippen LogP contribution in [0, 0.1) is 0 Å². The minimum absolute atomic E-state index is 1.29. The van der Waals surface area contributed by atoms with Gasteiger partial charge in [-0.3, -0.25) is 4.55 Å². The third-order valence-corrected chi connectivity index (χ3v) is 4.11. The summed E-state index contributed by atoms with van der Waals surface area (Å²) < 4.78 is 57.5. The van der Waals surface area contributed by atoms with Gasteiger partial charge in [0.2, 0.25) is 0 Å². The summed E-state index contributed by atoms with van der Waals surface area (Å²) in [6.45, 7) is 7.15. The highest BCUT2D eigenvalue weighted by Crippen LogP contribution is 2.22. The zero-order valence-electron chi connectivity index (χ0n) is 13.9. The smallest absolute Gasteiger partial charge is 0.375 e. The van der Waals surface area contributed by atoms with Crippen molar-refractivity contribution in [2.24, 2.45) is 0 Å². The van der Waals surface area contributed by atoms with Crippen LogP contribution in [-0.4, -0.2) is 36.5 Å². The molecule has 1 fully saturated rings. The lowest BCUT2D eigenvalue weighted by Crippen LogP contribution is -2.21. The Morgan fingerprint density at radius 3 is 2.22 bits per heavy atom. The number of nitrogens with zero attached hydrogens (tertiary/aromatic N) is 1. The van der Waals surface area contributed by atoms with Crippen molar-refractivity contribution in [1.29, 1.82) is 0 Å². The maximum Gasteiger partial charge on any atom is 0.522 e. The Kier molecular flexibility index (Phi) is 10.6. The van der Waals surface area contributed by atoms with E-state index in [0.29, 0.717) is 0 Å². The summed E-state index contributed by atoms with van der Waals surface area (Å²) in [5.74, 6) is 0. The number of alkyl halides is 3. The highest BCUT2D eigenvalue weighted by atomic mass is 32.2. The van der Waals surface area contributed by atoms with Gasteiger partial charge in [0.25, 0.3) is 0 Å². The summed E-state index contributed by atoms with van der Waals surface area (Å²) >= 11 is 0. The van der Waals surface area contributed by atoms with Crippen LogP contribution in [0.5, 0.6) is 0 Å². The van der Waals surface area contributed by atoms with Crippen LogP contribution in [0.4, 0.5) is 13.2 Å². The van der Waals surface area contributed by atoms with E-state index in [0.717, 1.165) is 0 Å². The van der Waals surface area contributed by atoms with Crippen LogP contribution < -0.4 is 0 Å². The third kappa shape index (κ3) is 9.86. The fraction of sp³-hybridized carbons (Fsp3) is 0.867. The van der Waals surface area contributed by atoms with Gasteiger partial charge in [-0.25, -0.2) is 0 Å². The molecule has 0 amide bonds.